The molecular weight excluding hydrogens is 398 g/mol. The van der Waals surface area contributed by atoms with Crippen LogP contribution in [0.2, 0.25) is 0 Å². The lowest BCUT2D eigenvalue weighted by molar-refractivity contribution is 0.256. The number of amides is 2. The molecule has 0 radical (unpaired) electrons. The van der Waals surface area contributed by atoms with E-state index in [1.54, 1.807) is 0 Å². The molecule has 0 aliphatic heterocycles. The van der Waals surface area contributed by atoms with Crippen molar-refractivity contribution < 1.29 is 13.2 Å². The van der Waals surface area contributed by atoms with Crippen molar-refractivity contribution in [1.29, 1.82) is 0 Å². The van der Waals surface area contributed by atoms with E-state index in [9.17, 15) is 13.2 Å². The zero-order valence-corrected chi connectivity index (χ0v) is 18.4. The Morgan fingerprint density at radius 3 is 2.17 bits per heavy atom. The van der Waals surface area contributed by atoms with E-state index < -0.39 is 16.1 Å². The highest BCUT2D eigenvalue weighted by Crippen LogP contribution is 2.38. The molecule has 2 aromatic carbocycles. The molecule has 2 aliphatic rings. The molecule has 0 fully saturated rings. The highest BCUT2D eigenvalue weighted by molar-refractivity contribution is 7.90. The van der Waals surface area contributed by atoms with Crippen LogP contribution in [0.1, 0.15) is 46.7 Å². The maximum atomic E-state index is 12.8. The number of carbonyl (C=O) groups excluding carboxylic acids is 1. The van der Waals surface area contributed by atoms with Crippen LogP contribution in [0.5, 0.6) is 0 Å². The second-order valence-corrected chi connectivity index (χ2v) is 10.2. The topological polar surface area (TPSA) is 78.5 Å². The quantitative estimate of drug-likeness (QED) is 0.740. The van der Waals surface area contributed by atoms with Gasteiger partial charge in [0.15, 0.2) is 0 Å². The Morgan fingerprint density at radius 1 is 1.00 bits per heavy atom. The van der Waals surface area contributed by atoms with Crippen molar-refractivity contribution in [3.8, 4) is 0 Å². The standard InChI is InChI=1S/C23H29N3O3S/c1-26(2)21(16-8-4-3-5-9-16)15-30(28,29)25-23(27)24-22-19-12-6-10-17(19)14-18-11-7-13-20(18)22/h3-5,8-9,14,21H,6-7,10-13,15H2,1-2H3,(H2,24,25,27). The fourth-order valence-electron chi connectivity index (χ4n) is 4.72. The number of aryl methyl sites for hydroxylation is 2. The molecule has 30 heavy (non-hydrogen) atoms. The van der Waals surface area contributed by atoms with E-state index in [0.29, 0.717) is 0 Å². The van der Waals surface area contributed by atoms with Crippen LogP contribution in [0.4, 0.5) is 10.5 Å². The molecule has 4 rings (SSSR count). The maximum absolute atomic E-state index is 12.8. The average Bonchev–Trinajstić information content (AvgIpc) is 3.35. The summed E-state index contributed by atoms with van der Waals surface area (Å²) in [6.45, 7) is 0. The number of carbonyl (C=O) groups is 1. The summed E-state index contributed by atoms with van der Waals surface area (Å²) in [5.41, 5.74) is 6.69. The van der Waals surface area contributed by atoms with Crippen molar-refractivity contribution in [3.05, 3.63) is 64.2 Å². The van der Waals surface area contributed by atoms with Gasteiger partial charge in [-0.05, 0) is 80.4 Å². The number of hydrogen-bond donors (Lipinski definition) is 2. The highest BCUT2D eigenvalue weighted by atomic mass is 32.2. The minimum atomic E-state index is -3.83. The van der Waals surface area contributed by atoms with Crippen LogP contribution in [0.3, 0.4) is 0 Å². The minimum Gasteiger partial charge on any atom is -0.307 e. The molecule has 2 aromatic rings. The molecule has 1 unspecified atom stereocenters. The molecule has 7 heteroatoms. The summed E-state index contributed by atoms with van der Waals surface area (Å²) in [6.07, 6.45) is 6.07. The van der Waals surface area contributed by atoms with E-state index >= 15 is 0 Å². The van der Waals surface area contributed by atoms with Crippen LogP contribution >= 0.6 is 0 Å². The SMILES string of the molecule is CN(C)C(CS(=O)(=O)NC(=O)Nc1c2c(cc3c1CCC3)CCC2)c1ccccc1. The van der Waals surface area contributed by atoms with Crippen molar-refractivity contribution in [2.45, 2.75) is 44.6 Å². The highest BCUT2D eigenvalue weighted by Gasteiger charge is 2.27. The molecule has 0 saturated heterocycles. The number of rotatable bonds is 6. The smallest absolute Gasteiger partial charge is 0.307 e. The number of hydrogen-bond acceptors (Lipinski definition) is 4. The van der Waals surface area contributed by atoms with E-state index in [1.165, 1.54) is 22.3 Å². The largest absolute Gasteiger partial charge is 0.332 e. The molecule has 0 bridgehead atoms. The molecule has 0 aromatic heterocycles. The summed E-state index contributed by atoms with van der Waals surface area (Å²) >= 11 is 0. The average molecular weight is 428 g/mol. The van der Waals surface area contributed by atoms with Gasteiger partial charge in [-0.15, -0.1) is 0 Å². The minimum absolute atomic E-state index is 0.192. The number of fused-ring (bicyclic) bond motifs is 2. The number of sulfonamides is 1. The number of urea groups is 1. The van der Waals surface area contributed by atoms with Gasteiger partial charge in [0.05, 0.1) is 5.75 Å². The summed E-state index contributed by atoms with van der Waals surface area (Å²) in [7, 11) is -0.151. The van der Waals surface area contributed by atoms with Crippen LogP contribution in [-0.4, -0.2) is 39.2 Å². The summed E-state index contributed by atoms with van der Waals surface area (Å²) in [5.74, 6) is -0.192. The lowest BCUT2D eigenvalue weighted by Crippen LogP contribution is -2.39. The Kier molecular flexibility index (Phi) is 5.84. The lowest BCUT2D eigenvalue weighted by atomic mass is 9.99. The van der Waals surface area contributed by atoms with Gasteiger partial charge in [-0.2, -0.15) is 0 Å². The zero-order chi connectivity index (χ0) is 21.3. The van der Waals surface area contributed by atoms with Gasteiger partial charge in [0.1, 0.15) is 0 Å². The third-order valence-electron chi connectivity index (χ3n) is 6.14. The first-order chi connectivity index (χ1) is 14.3. The first kappa shape index (κ1) is 20.9. The van der Waals surface area contributed by atoms with Gasteiger partial charge in [-0.1, -0.05) is 36.4 Å². The third-order valence-corrected chi connectivity index (χ3v) is 7.40. The number of nitrogens with zero attached hydrogens (tertiary/aromatic N) is 1. The molecule has 2 N–H and O–H groups in total. The van der Waals surface area contributed by atoms with E-state index in [2.05, 4.69) is 16.1 Å². The second-order valence-electron chi connectivity index (χ2n) is 8.46. The van der Waals surface area contributed by atoms with Crippen molar-refractivity contribution in [1.82, 2.24) is 9.62 Å². The van der Waals surface area contributed by atoms with Gasteiger partial charge in [-0.3, -0.25) is 0 Å². The first-order valence-corrected chi connectivity index (χ1v) is 12.2. The Morgan fingerprint density at radius 2 is 1.60 bits per heavy atom. The molecule has 0 saturated carbocycles. The first-order valence-electron chi connectivity index (χ1n) is 10.5. The van der Waals surface area contributed by atoms with E-state index in [4.69, 9.17) is 0 Å². The van der Waals surface area contributed by atoms with Gasteiger partial charge < -0.3 is 10.2 Å². The molecule has 0 spiro atoms. The molecule has 160 valence electrons. The monoisotopic (exact) mass is 427 g/mol. The van der Waals surface area contributed by atoms with Gasteiger partial charge >= 0.3 is 6.03 Å². The van der Waals surface area contributed by atoms with Gasteiger partial charge in [0, 0.05) is 11.7 Å². The molecule has 2 amide bonds. The normalized spacial score (nSPS) is 16.2. The predicted molar refractivity (Wildman–Crippen MR) is 119 cm³/mol. The molecular formula is C23H29N3O3S. The van der Waals surface area contributed by atoms with Gasteiger partial charge in [-0.25, -0.2) is 17.9 Å². The summed E-state index contributed by atoms with van der Waals surface area (Å²) in [6, 6.07) is 10.7. The molecule has 2 aliphatic carbocycles. The zero-order valence-electron chi connectivity index (χ0n) is 17.6. The summed E-state index contributed by atoms with van der Waals surface area (Å²) < 4.78 is 27.8. The molecule has 6 nitrogen and oxygen atoms in total. The molecule has 1 atom stereocenters. The Hall–Kier alpha value is -2.38. The molecule has 0 heterocycles. The second kappa shape index (κ2) is 8.40. The predicted octanol–water partition coefficient (Wildman–Crippen LogP) is 3.42. The Balaban J connectivity index is 1.50. The van der Waals surface area contributed by atoms with Crippen molar-refractivity contribution >= 4 is 21.7 Å². The van der Waals surface area contributed by atoms with Crippen molar-refractivity contribution in [2.75, 3.05) is 25.2 Å². The van der Waals surface area contributed by atoms with Gasteiger partial charge in [0.25, 0.3) is 0 Å². The van der Waals surface area contributed by atoms with Crippen LogP contribution in [0.25, 0.3) is 0 Å². The van der Waals surface area contributed by atoms with E-state index in [-0.39, 0.29) is 11.8 Å². The summed E-state index contributed by atoms with van der Waals surface area (Å²) in [4.78, 5) is 14.6. The van der Waals surface area contributed by atoms with Crippen LogP contribution in [0, 0.1) is 0 Å². The fourth-order valence-corrected chi connectivity index (χ4v) is 6.04. The Bertz CT molecular complexity index is 1020. The van der Waals surface area contributed by atoms with Crippen LogP contribution in [0.15, 0.2) is 36.4 Å². The van der Waals surface area contributed by atoms with Crippen molar-refractivity contribution in [2.24, 2.45) is 0 Å². The maximum Gasteiger partial charge on any atom is 0.332 e. The fraction of sp³-hybridized carbons (Fsp3) is 0.435. The van der Waals surface area contributed by atoms with Crippen molar-refractivity contribution in [3.63, 3.8) is 0 Å². The number of benzene rings is 2. The summed E-state index contributed by atoms with van der Waals surface area (Å²) in [5, 5.41) is 2.90. The van der Waals surface area contributed by atoms with E-state index in [0.717, 1.165) is 49.8 Å². The van der Waals surface area contributed by atoms with E-state index in [1.807, 2.05) is 49.3 Å². The Labute approximate surface area is 178 Å². The number of anilines is 1. The van der Waals surface area contributed by atoms with Gasteiger partial charge in [0.2, 0.25) is 10.0 Å². The van der Waals surface area contributed by atoms with Crippen LogP contribution < -0.4 is 10.0 Å². The lowest BCUT2D eigenvalue weighted by Gasteiger charge is -2.24. The van der Waals surface area contributed by atoms with Crippen LogP contribution in [-0.2, 0) is 35.7 Å². The number of nitrogens with one attached hydrogen (secondary N) is 2. The third kappa shape index (κ3) is 4.37.